The number of ether oxygens (including phenoxy) is 1. The molecule has 0 bridgehead atoms. The van der Waals surface area contributed by atoms with Gasteiger partial charge in [-0.05, 0) is 32.0 Å². The van der Waals surface area contributed by atoms with Crippen molar-refractivity contribution in [2.75, 3.05) is 30.8 Å². The molecular formula is C17H22N6O2. The Kier molecular flexibility index (Phi) is 5.30. The predicted molar refractivity (Wildman–Crippen MR) is 96.1 cm³/mol. The predicted octanol–water partition coefficient (Wildman–Crippen LogP) is 2.18. The van der Waals surface area contributed by atoms with Gasteiger partial charge in [0, 0.05) is 30.9 Å². The van der Waals surface area contributed by atoms with Crippen LogP contribution in [0.25, 0.3) is 0 Å². The van der Waals surface area contributed by atoms with Crippen molar-refractivity contribution >= 4 is 23.4 Å². The molecule has 0 unspecified atom stereocenters. The molecule has 2 amide bonds. The number of nitrogens with one attached hydrogen (secondary N) is 2. The van der Waals surface area contributed by atoms with Crippen LogP contribution in [0.15, 0.2) is 36.7 Å². The van der Waals surface area contributed by atoms with Crippen molar-refractivity contribution in [3.8, 4) is 5.75 Å². The molecule has 3 rings (SSSR count). The monoisotopic (exact) mass is 342 g/mol. The molecule has 1 aliphatic heterocycles. The highest BCUT2D eigenvalue weighted by Gasteiger charge is 2.18. The Balaban J connectivity index is 1.64. The minimum atomic E-state index is -0.668. The Morgan fingerprint density at radius 1 is 1.24 bits per heavy atom. The van der Waals surface area contributed by atoms with Crippen molar-refractivity contribution in [3.63, 3.8) is 0 Å². The molecule has 2 aromatic rings. The highest BCUT2D eigenvalue weighted by Crippen LogP contribution is 2.24. The average molecular weight is 342 g/mol. The largest absolute Gasteiger partial charge is 0.490 e. The first-order valence-corrected chi connectivity index (χ1v) is 8.19. The van der Waals surface area contributed by atoms with E-state index >= 15 is 0 Å². The minimum Gasteiger partial charge on any atom is -0.490 e. The van der Waals surface area contributed by atoms with Gasteiger partial charge in [-0.15, -0.1) is 0 Å². The van der Waals surface area contributed by atoms with Crippen molar-refractivity contribution < 1.29 is 9.53 Å². The number of amides is 2. The summed E-state index contributed by atoms with van der Waals surface area (Å²) in [6.45, 7) is 2.11. The summed E-state index contributed by atoms with van der Waals surface area (Å²) < 4.78 is 6.09. The van der Waals surface area contributed by atoms with Gasteiger partial charge in [0.05, 0.1) is 0 Å². The summed E-state index contributed by atoms with van der Waals surface area (Å²) in [7, 11) is 2.13. The zero-order chi connectivity index (χ0) is 17.6. The molecule has 1 aromatic carbocycles. The van der Waals surface area contributed by atoms with Crippen LogP contribution in [0.5, 0.6) is 5.75 Å². The van der Waals surface area contributed by atoms with Crippen LogP contribution in [0.1, 0.15) is 12.8 Å². The number of rotatable bonds is 5. The third-order valence-electron chi connectivity index (χ3n) is 3.99. The maximum atomic E-state index is 10.9. The SMILES string of the molecule is CN1CCC(Oc2cccc(Nc3cc(NC(N)=O)ncn3)c2)CC1. The summed E-state index contributed by atoms with van der Waals surface area (Å²) in [5.74, 6) is 1.71. The van der Waals surface area contributed by atoms with Crippen LogP contribution >= 0.6 is 0 Å². The number of carbonyl (C=O) groups excluding carboxylic acids is 1. The topological polar surface area (TPSA) is 105 Å². The molecule has 1 fully saturated rings. The van der Waals surface area contributed by atoms with Crippen LogP contribution in [-0.4, -0.2) is 47.1 Å². The number of hydrogen-bond donors (Lipinski definition) is 3. The Morgan fingerprint density at radius 2 is 2.00 bits per heavy atom. The molecule has 2 heterocycles. The standard InChI is InChI=1S/C17H22N6O2/c1-23-7-5-13(6-8-23)25-14-4-2-3-12(9-14)21-15-10-16(20-11-19-15)22-17(18)24/h2-4,9-11,13H,5-8H2,1H3,(H4,18,19,20,21,22,24). The molecular weight excluding hydrogens is 320 g/mol. The van der Waals surface area contributed by atoms with E-state index in [4.69, 9.17) is 10.5 Å². The van der Waals surface area contributed by atoms with Crippen molar-refractivity contribution in [1.82, 2.24) is 14.9 Å². The van der Waals surface area contributed by atoms with Crippen LogP contribution in [0.3, 0.4) is 0 Å². The Hall–Kier alpha value is -2.87. The Morgan fingerprint density at radius 3 is 2.76 bits per heavy atom. The summed E-state index contributed by atoms with van der Waals surface area (Å²) in [6.07, 6.45) is 3.66. The van der Waals surface area contributed by atoms with Gasteiger partial charge >= 0.3 is 6.03 Å². The summed E-state index contributed by atoms with van der Waals surface area (Å²) in [4.78, 5) is 21.3. The molecule has 0 atom stereocenters. The molecule has 8 heteroatoms. The number of urea groups is 1. The van der Waals surface area contributed by atoms with Gasteiger partial charge in [0.1, 0.15) is 29.8 Å². The first-order valence-electron chi connectivity index (χ1n) is 8.19. The third-order valence-corrected chi connectivity index (χ3v) is 3.99. The molecule has 132 valence electrons. The lowest BCUT2D eigenvalue weighted by molar-refractivity contribution is 0.114. The Bertz CT molecular complexity index is 731. The van der Waals surface area contributed by atoms with E-state index in [1.165, 1.54) is 6.33 Å². The van der Waals surface area contributed by atoms with Crippen molar-refractivity contribution in [1.29, 1.82) is 0 Å². The maximum absolute atomic E-state index is 10.9. The molecule has 1 aromatic heterocycles. The lowest BCUT2D eigenvalue weighted by Crippen LogP contribution is -2.35. The summed E-state index contributed by atoms with van der Waals surface area (Å²) in [5.41, 5.74) is 5.94. The van der Waals surface area contributed by atoms with Gasteiger partial charge in [0.15, 0.2) is 0 Å². The molecule has 0 radical (unpaired) electrons. The lowest BCUT2D eigenvalue weighted by atomic mass is 10.1. The first kappa shape index (κ1) is 17.0. The van der Waals surface area contributed by atoms with Gasteiger partial charge < -0.3 is 20.7 Å². The minimum absolute atomic E-state index is 0.247. The fraction of sp³-hybridized carbons (Fsp3) is 0.353. The third kappa shape index (κ3) is 5.05. The fourth-order valence-corrected chi connectivity index (χ4v) is 2.71. The van der Waals surface area contributed by atoms with E-state index in [1.807, 2.05) is 24.3 Å². The van der Waals surface area contributed by atoms with E-state index in [9.17, 15) is 4.79 Å². The Labute approximate surface area is 146 Å². The number of likely N-dealkylation sites (tertiary alicyclic amines) is 1. The number of benzene rings is 1. The van der Waals surface area contributed by atoms with Crippen LogP contribution in [0, 0.1) is 0 Å². The zero-order valence-electron chi connectivity index (χ0n) is 14.1. The van der Waals surface area contributed by atoms with E-state index < -0.39 is 6.03 Å². The van der Waals surface area contributed by atoms with Crippen LogP contribution in [-0.2, 0) is 0 Å². The molecule has 25 heavy (non-hydrogen) atoms. The number of nitrogens with zero attached hydrogens (tertiary/aromatic N) is 3. The number of nitrogens with two attached hydrogens (primary N) is 1. The molecule has 0 aliphatic carbocycles. The highest BCUT2D eigenvalue weighted by molar-refractivity contribution is 5.87. The number of carbonyl (C=O) groups is 1. The van der Waals surface area contributed by atoms with Gasteiger partial charge in [-0.1, -0.05) is 6.07 Å². The van der Waals surface area contributed by atoms with Gasteiger partial charge in [-0.2, -0.15) is 0 Å². The molecule has 4 N–H and O–H groups in total. The van der Waals surface area contributed by atoms with Crippen LogP contribution in [0.4, 0.5) is 22.1 Å². The van der Waals surface area contributed by atoms with Crippen molar-refractivity contribution in [2.45, 2.75) is 18.9 Å². The van der Waals surface area contributed by atoms with Crippen LogP contribution in [0.2, 0.25) is 0 Å². The molecule has 8 nitrogen and oxygen atoms in total. The van der Waals surface area contributed by atoms with Crippen molar-refractivity contribution in [2.24, 2.45) is 5.73 Å². The van der Waals surface area contributed by atoms with E-state index in [1.54, 1.807) is 6.07 Å². The fourth-order valence-electron chi connectivity index (χ4n) is 2.71. The summed E-state index contributed by atoms with van der Waals surface area (Å²) >= 11 is 0. The quantitative estimate of drug-likeness (QED) is 0.769. The average Bonchev–Trinajstić information content (AvgIpc) is 2.57. The first-order chi connectivity index (χ1) is 12.1. The van der Waals surface area contributed by atoms with Gasteiger partial charge in [0.2, 0.25) is 0 Å². The molecule has 1 aliphatic rings. The van der Waals surface area contributed by atoms with Gasteiger partial charge in [0.25, 0.3) is 0 Å². The zero-order valence-corrected chi connectivity index (χ0v) is 14.1. The van der Waals surface area contributed by atoms with E-state index in [2.05, 4.69) is 32.5 Å². The van der Waals surface area contributed by atoms with Crippen molar-refractivity contribution in [3.05, 3.63) is 36.7 Å². The number of hydrogen-bond acceptors (Lipinski definition) is 6. The number of piperidine rings is 1. The van der Waals surface area contributed by atoms with E-state index in [0.29, 0.717) is 11.6 Å². The number of aromatic nitrogens is 2. The summed E-state index contributed by atoms with van der Waals surface area (Å²) in [6, 6.07) is 8.67. The highest BCUT2D eigenvalue weighted by atomic mass is 16.5. The molecule has 0 spiro atoms. The lowest BCUT2D eigenvalue weighted by Gasteiger charge is -2.29. The second-order valence-corrected chi connectivity index (χ2v) is 6.05. The summed E-state index contributed by atoms with van der Waals surface area (Å²) in [5, 5.41) is 5.59. The second-order valence-electron chi connectivity index (χ2n) is 6.05. The smallest absolute Gasteiger partial charge is 0.317 e. The molecule has 1 saturated heterocycles. The maximum Gasteiger partial charge on any atom is 0.317 e. The van der Waals surface area contributed by atoms with E-state index in [0.717, 1.165) is 37.4 Å². The normalized spacial score (nSPS) is 15.6. The van der Waals surface area contributed by atoms with E-state index in [-0.39, 0.29) is 6.10 Å². The van der Waals surface area contributed by atoms with Crippen LogP contribution < -0.4 is 21.1 Å². The second kappa shape index (κ2) is 7.80. The molecule has 0 saturated carbocycles. The number of primary amides is 1. The number of anilines is 3. The van der Waals surface area contributed by atoms with Gasteiger partial charge in [-0.25, -0.2) is 14.8 Å². The van der Waals surface area contributed by atoms with Gasteiger partial charge in [-0.3, -0.25) is 5.32 Å².